The monoisotopic (exact) mass is 278 g/mol. The summed E-state index contributed by atoms with van der Waals surface area (Å²) >= 11 is 0. The second-order valence-electron chi connectivity index (χ2n) is 3.53. The van der Waals surface area contributed by atoms with Gasteiger partial charge in [-0.15, -0.1) is 0 Å². The highest BCUT2D eigenvalue weighted by Crippen LogP contribution is 2.18. The molecule has 0 N–H and O–H groups in total. The van der Waals surface area contributed by atoms with Crippen LogP contribution in [0.5, 0.6) is 0 Å². The maximum absolute atomic E-state index is 11.3. The van der Waals surface area contributed by atoms with Gasteiger partial charge in [-0.25, -0.2) is 6.57 Å². The van der Waals surface area contributed by atoms with Crippen LogP contribution in [0.15, 0.2) is 24.3 Å². The number of hydrogen-bond donors (Lipinski definition) is 0. The second-order valence-corrected chi connectivity index (χ2v) is 3.53. The van der Waals surface area contributed by atoms with E-state index in [-0.39, 0.29) is 17.9 Å². The van der Waals surface area contributed by atoms with Crippen molar-refractivity contribution < 1.29 is 24.0 Å². The van der Waals surface area contributed by atoms with Crippen molar-refractivity contribution >= 4 is 17.6 Å². The third-order valence-electron chi connectivity index (χ3n) is 2.16. The van der Waals surface area contributed by atoms with Gasteiger partial charge in [0.25, 0.3) is 5.69 Å². The lowest BCUT2D eigenvalue weighted by molar-refractivity contribution is -0.385. The molecule has 1 aromatic carbocycles. The Morgan fingerprint density at radius 1 is 1.25 bits per heavy atom. The van der Waals surface area contributed by atoms with Crippen LogP contribution in [-0.2, 0) is 25.7 Å². The van der Waals surface area contributed by atoms with Crippen LogP contribution < -0.4 is 0 Å². The number of nitro benzene ring substituents is 1. The van der Waals surface area contributed by atoms with Crippen molar-refractivity contribution in [2.75, 3.05) is 6.73 Å². The number of nitrogens with zero attached hydrogens (tertiary/aromatic N) is 2. The Bertz CT molecular complexity index is 563. The lowest BCUT2D eigenvalue weighted by atomic mass is 10.2. The highest BCUT2D eigenvalue weighted by molar-refractivity contribution is 5.91. The molecule has 0 heterocycles. The average molecular weight is 278 g/mol. The van der Waals surface area contributed by atoms with Crippen molar-refractivity contribution in [3.63, 3.8) is 0 Å². The first-order valence-electron chi connectivity index (χ1n) is 5.41. The average Bonchev–Trinajstić information content (AvgIpc) is 2.43. The molecule has 0 bridgehead atoms. The molecule has 1 rings (SSSR count). The number of para-hydroxylation sites is 1. The predicted octanol–water partition coefficient (Wildman–Crippen LogP) is 1.45. The van der Waals surface area contributed by atoms with E-state index in [1.807, 2.05) is 0 Å². The van der Waals surface area contributed by atoms with E-state index in [2.05, 4.69) is 9.58 Å². The minimum absolute atomic E-state index is 0.170. The molecular formula is C12H10N2O6. The lowest BCUT2D eigenvalue weighted by Crippen LogP contribution is -2.14. The number of ether oxygens (including phenoxy) is 2. The van der Waals surface area contributed by atoms with Crippen molar-refractivity contribution in [2.24, 2.45) is 0 Å². The van der Waals surface area contributed by atoms with E-state index in [0.29, 0.717) is 0 Å². The molecule has 0 aliphatic heterocycles. The van der Waals surface area contributed by atoms with Gasteiger partial charge in [-0.3, -0.25) is 24.5 Å². The quantitative estimate of drug-likeness (QED) is 0.257. The largest absolute Gasteiger partial charge is 0.460 e. The second kappa shape index (κ2) is 7.48. The first-order valence-corrected chi connectivity index (χ1v) is 5.41. The van der Waals surface area contributed by atoms with E-state index in [0.717, 1.165) is 0 Å². The summed E-state index contributed by atoms with van der Waals surface area (Å²) in [5, 5.41) is 10.7. The third kappa shape index (κ3) is 4.73. The van der Waals surface area contributed by atoms with Crippen LogP contribution in [0.25, 0.3) is 4.85 Å². The Kier molecular flexibility index (Phi) is 5.65. The van der Waals surface area contributed by atoms with Crippen LogP contribution in [-0.4, -0.2) is 23.6 Å². The molecule has 104 valence electrons. The molecule has 0 atom stereocenters. The number of carbonyl (C=O) groups excluding carboxylic acids is 2. The standard InChI is InChI=1S/C12H10N2O6/c1-13-8-20-12(16)6-11(15)19-7-9-4-2-3-5-10(9)14(17)18/h2-5H,6-8H2. The summed E-state index contributed by atoms with van der Waals surface area (Å²) in [5.41, 5.74) is 0.0521. The van der Waals surface area contributed by atoms with E-state index in [9.17, 15) is 19.7 Å². The van der Waals surface area contributed by atoms with Crippen molar-refractivity contribution in [2.45, 2.75) is 13.0 Å². The molecule has 0 saturated carbocycles. The molecule has 0 radical (unpaired) electrons. The van der Waals surface area contributed by atoms with Gasteiger partial charge in [0.1, 0.15) is 13.0 Å². The molecule has 0 spiro atoms. The van der Waals surface area contributed by atoms with Crippen molar-refractivity contribution in [1.29, 1.82) is 0 Å². The van der Waals surface area contributed by atoms with Gasteiger partial charge in [0.2, 0.25) is 0 Å². The number of benzene rings is 1. The van der Waals surface area contributed by atoms with Gasteiger partial charge < -0.3 is 9.47 Å². The van der Waals surface area contributed by atoms with Crippen LogP contribution in [0.3, 0.4) is 0 Å². The van der Waals surface area contributed by atoms with Crippen molar-refractivity contribution in [1.82, 2.24) is 0 Å². The summed E-state index contributed by atoms with van der Waals surface area (Å²) in [7, 11) is 0. The maximum atomic E-state index is 11.3. The van der Waals surface area contributed by atoms with E-state index in [1.54, 1.807) is 6.07 Å². The minimum atomic E-state index is -0.881. The van der Waals surface area contributed by atoms with Gasteiger partial charge in [-0.2, -0.15) is 0 Å². The molecular weight excluding hydrogens is 268 g/mol. The summed E-state index contributed by atoms with van der Waals surface area (Å²) < 4.78 is 9.12. The molecule has 0 amide bonds. The van der Waals surface area contributed by atoms with Crippen LogP contribution in [0.1, 0.15) is 12.0 Å². The summed E-state index contributed by atoms with van der Waals surface area (Å²) in [6.45, 7) is 5.63. The topological polar surface area (TPSA) is 100 Å². The highest BCUT2D eigenvalue weighted by Gasteiger charge is 2.16. The van der Waals surface area contributed by atoms with Crippen molar-refractivity contribution in [3.05, 3.63) is 51.4 Å². The third-order valence-corrected chi connectivity index (χ3v) is 2.16. The smallest absolute Gasteiger partial charge is 0.359 e. The Balaban J connectivity index is 2.52. The summed E-state index contributed by atoms with van der Waals surface area (Å²) in [5.74, 6) is -1.76. The van der Waals surface area contributed by atoms with Gasteiger partial charge in [0.15, 0.2) is 0 Å². The summed E-state index contributed by atoms with van der Waals surface area (Å²) in [4.78, 5) is 35.2. The van der Waals surface area contributed by atoms with Crippen molar-refractivity contribution in [3.8, 4) is 0 Å². The zero-order valence-corrected chi connectivity index (χ0v) is 10.3. The van der Waals surface area contributed by atoms with Crippen LogP contribution in [0.2, 0.25) is 0 Å². The van der Waals surface area contributed by atoms with Gasteiger partial charge in [-0.05, 0) is 6.07 Å². The molecule has 0 aliphatic rings. The first-order chi connectivity index (χ1) is 9.54. The van der Waals surface area contributed by atoms with E-state index in [4.69, 9.17) is 11.3 Å². The number of hydrogen-bond acceptors (Lipinski definition) is 6. The molecule has 0 aliphatic carbocycles. The molecule has 8 heteroatoms. The molecule has 1 aromatic rings. The van der Waals surface area contributed by atoms with Gasteiger partial charge >= 0.3 is 18.7 Å². The Morgan fingerprint density at radius 2 is 1.90 bits per heavy atom. The fourth-order valence-electron chi connectivity index (χ4n) is 1.29. The molecule has 0 aromatic heterocycles. The molecule has 0 fully saturated rings. The first kappa shape index (κ1) is 15.1. The van der Waals surface area contributed by atoms with Crippen LogP contribution in [0.4, 0.5) is 5.69 Å². The van der Waals surface area contributed by atoms with Crippen LogP contribution >= 0.6 is 0 Å². The molecule has 0 unspecified atom stereocenters. The van der Waals surface area contributed by atoms with E-state index < -0.39 is 30.0 Å². The predicted molar refractivity (Wildman–Crippen MR) is 65.1 cm³/mol. The Morgan fingerprint density at radius 3 is 2.55 bits per heavy atom. The minimum Gasteiger partial charge on any atom is -0.460 e. The molecule has 0 saturated heterocycles. The molecule has 20 heavy (non-hydrogen) atoms. The van der Waals surface area contributed by atoms with Gasteiger partial charge in [0, 0.05) is 6.07 Å². The number of rotatable bonds is 6. The van der Waals surface area contributed by atoms with E-state index >= 15 is 0 Å². The summed E-state index contributed by atoms with van der Waals surface area (Å²) in [6, 6.07) is 5.79. The lowest BCUT2D eigenvalue weighted by Gasteiger charge is -2.04. The fraction of sp³-hybridized carbons (Fsp3) is 0.250. The van der Waals surface area contributed by atoms with Gasteiger partial charge in [0.05, 0.1) is 10.5 Å². The number of nitro groups is 1. The Labute approximate surface area is 113 Å². The SMILES string of the molecule is [C-]#[N+]COC(=O)CC(=O)OCc1ccccc1[N+](=O)[O-]. The van der Waals surface area contributed by atoms with Gasteiger partial charge in [-0.1, -0.05) is 12.1 Å². The number of carbonyl (C=O) groups is 2. The maximum Gasteiger partial charge on any atom is 0.359 e. The Hall–Kier alpha value is -2.95. The highest BCUT2D eigenvalue weighted by atomic mass is 16.6. The summed E-state index contributed by atoms with van der Waals surface area (Å²) in [6.07, 6.45) is -0.643. The van der Waals surface area contributed by atoms with E-state index in [1.165, 1.54) is 18.2 Å². The zero-order valence-electron chi connectivity index (χ0n) is 10.3. The zero-order chi connectivity index (χ0) is 15.0. The fourth-order valence-corrected chi connectivity index (χ4v) is 1.29. The molecule has 8 nitrogen and oxygen atoms in total. The normalized spacial score (nSPS) is 9.35. The number of esters is 2. The van der Waals surface area contributed by atoms with Crippen LogP contribution in [0, 0.1) is 16.7 Å².